The van der Waals surface area contributed by atoms with Gasteiger partial charge >= 0.3 is 0 Å². The molecule has 0 bridgehead atoms. The van der Waals surface area contributed by atoms with Gasteiger partial charge in [-0.05, 0) is 12.1 Å². The van der Waals surface area contributed by atoms with Crippen molar-refractivity contribution in [1.82, 2.24) is 4.98 Å². The molecule has 1 N–H and O–H groups in total. The van der Waals surface area contributed by atoms with Crippen LogP contribution in [0.5, 0.6) is 0 Å². The standard InChI is InChI=1S/C10H8N2OS/c13-10(9-6-11-7-14-9)12-8-4-2-1-3-5-8/h1-7H,(H,12,13). The molecule has 0 unspecified atom stereocenters. The maximum Gasteiger partial charge on any atom is 0.267 e. The number of hydrogen-bond donors (Lipinski definition) is 1. The highest BCUT2D eigenvalue weighted by atomic mass is 32.1. The van der Waals surface area contributed by atoms with Crippen molar-refractivity contribution >= 4 is 22.9 Å². The molecule has 0 aliphatic carbocycles. The van der Waals surface area contributed by atoms with Crippen molar-refractivity contribution in [1.29, 1.82) is 0 Å². The van der Waals surface area contributed by atoms with Crippen LogP contribution < -0.4 is 5.32 Å². The summed E-state index contributed by atoms with van der Waals surface area (Å²) in [6, 6.07) is 9.35. The van der Waals surface area contributed by atoms with E-state index < -0.39 is 0 Å². The van der Waals surface area contributed by atoms with Crippen molar-refractivity contribution in [2.75, 3.05) is 5.32 Å². The zero-order chi connectivity index (χ0) is 9.80. The molecule has 0 saturated carbocycles. The SMILES string of the molecule is O=C(Nc1ccccc1)c1cncs1. The largest absolute Gasteiger partial charge is 0.321 e. The van der Waals surface area contributed by atoms with Gasteiger partial charge < -0.3 is 5.32 Å². The van der Waals surface area contributed by atoms with E-state index >= 15 is 0 Å². The van der Waals surface area contributed by atoms with E-state index in [4.69, 9.17) is 0 Å². The second kappa shape index (κ2) is 4.02. The molecule has 0 aliphatic rings. The highest BCUT2D eigenvalue weighted by Crippen LogP contribution is 2.10. The molecule has 0 spiro atoms. The van der Waals surface area contributed by atoms with Gasteiger partial charge in [0.1, 0.15) is 4.88 Å². The Labute approximate surface area is 85.4 Å². The van der Waals surface area contributed by atoms with Crippen LogP contribution >= 0.6 is 11.3 Å². The van der Waals surface area contributed by atoms with Crippen LogP contribution in [0.25, 0.3) is 0 Å². The number of benzene rings is 1. The van der Waals surface area contributed by atoms with E-state index in [1.165, 1.54) is 11.3 Å². The summed E-state index contributed by atoms with van der Waals surface area (Å²) >= 11 is 1.33. The number of nitrogens with one attached hydrogen (secondary N) is 1. The minimum absolute atomic E-state index is 0.112. The van der Waals surface area contributed by atoms with E-state index in [0.29, 0.717) is 4.88 Å². The number of carbonyl (C=O) groups is 1. The van der Waals surface area contributed by atoms with Gasteiger partial charge in [-0.2, -0.15) is 0 Å². The van der Waals surface area contributed by atoms with Crippen LogP contribution in [0.3, 0.4) is 0 Å². The van der Waals surface area contributed by atoms with Gasteiger partial charge in [0.2, 0.25) is 0 Å². The Kier molecular flexibility index (Phi) is 2.55. The first-order valence-corrected chi connectivity index (χ1v) is 4.99. The molecule has 0 radical (unpaired) electrons. The molecule has 1 heterocycles. The Morgan fingerprint density at radius 1 is 1.29 bits per heavy atom. The Morgan fingerprint density at radius 2 is 2.07 bits per heavy atom. The first-order valence-electron chi connectivity index (χ1n) is 4.11. The van der Waals surface area contributed by atoms with Crippen LogP contribution in [0, 0.1) is 0 Å². The number of thiazole rings is 1. The lowest BCUT2D eigenvalue weighted by Gasteiger charge is -2.01. The number of anilines is 1. The lowest BCUT2D eigenvalue weighted by molar-refractivity contribution is 0.103. The Bertz CT molecular complexity index is 411. The van der Waals surface area contributed by atoms with Crippen molar-refractivity contribution in [3.63, 3.8) is 0 Å². The van der Waals surface area contributed by atoms with Gasteiger partial charge in [-0.3, -0.25) is 9.78 Å². The maximum absolute atomic E-state index is 11.5. The molecular formula is C10H8N2OS. The lowest BCUT2D eigenvalue weighted by atomic mass is 10.3. The molecule has 70 valence electrons. The average Bonchev–Trinajstić information content (AvgIpc) is 2.72. The molecule has 14 heavy (non-hydrogen) atoms. The summed E-state index contributed by atoms with van der Waals surface area (Å²) < 4.78 is 0. The zero-order valence-electron chi connectivity index (χ0n) is 7.31. The normalized spacial score (nSPS) is 9.71. The van der Waals surface area contributed by atoms with Crippen LogP contribution in [0.1, 0.15) is 9.67 Å². The van der Waals surface area contributed by atoms with Crippen molar-refractivity contribution in [2.24, 2.45) is 0 Å². The summed E-state index contributed by atoms with van der Waals surface area (Å²) in [6.45, 7) is 0. The van der Waals surface area contributed by atoms with Crippen molar-refractivity contribution < 1.29 is 4.79 Å². The maximum atomic E-state index is 11.5. The lowest BCUT2D eigenvalue weighted by Crippen LogP contribution is -2.09. The Hall–Kier alpha value is -1.68. The molecule has 1 amide bonds. The Morgan fingerprint density at radius 3 is 2.71 bits per heavy atom. The fourth-order valence-corrected chi connectivity index (χ4v) is 1.56. The third kappa shape index (κ3) is 1.97. The topological polar surface area (TPSA) is 42.0 Å². The van der Waals surface area contributed by atoms with Gasteiger partial charge in [0.15, 0.2) is 0 Å². The molecule has 0 saturated heterocycles. The van der Waals surface area contributed by atoms with Gasteiger partial charge in [-0.15, -0.1) is 11.3 Å². The van der Waals surface area contributed by atoms with Gasteiger partial charge in [-0.1, -0.05) is 18.2 Å². The number of nitrogens with zero attached hydrogens (tertiary/aromatic N) is 1. The highest BCUT2D eigenvalue weighted by molar-refractivity contribution is 7.11. The third-order valence-corrected chi connectivity index (χ3v) is 2.46. The fraction of sp³-hybridized carbons (Fsp3) is 0. The molecule has 0 fully saturated rings. The van der Waals surface area contributed by atoms with Crippen LogP contribution in [-0.2, 0) is 0 Å². The first-order chi connectivity index (χ1) is 6.86. The molecule has 0 aliphatic heterocycles. The summed E-state index contributed by atoms with van der Waals surface area (Å²) in [4.78, 5) is 16.0. The fourth-order valence-electron chi connectivity index (χ4n) is 1.04. The number of hydrogen-bond acceptors (Lipinski definition) is 3. The molecule has 3 nitrogen and oxygen atoms in total. The van der Waals surface area contributed by atoms with E-state index in [1.54, 1.807) is 11.7 Å². The summed E-state index contributed by atoms with van der Waals surface area (Å²) in [6.07, 6.45) is 1.56. The monoisotopic (exact) mass is 204 g/mol. The molecular weight excluding hydrogens is 196 g/mol. The molecule has 0 atom stereocenters. The van der Waals surface area contributed by atoms with E-state index in [0.717, 1.165) is 5.69 Å². The van der Waals surface area contributed by atoms with E-state index in [9.17, 15) is 4.79 Å². The first kappa shape index (κ1) is 8.90. The van der Waals surface area contributed by atoms with E-state index in [-0.39, 0.29) is 5.91 Å². The number of para-hydroxylation sites is 1. The number of rotatable bonds is 2. The highest BCUT2D eigenvalue weighted by Gasteiger charge is 2.06. The molecule has 1 aromatic carbocycles. The minimum atomic E-state index is -0.112. The Balaban J connectivity index is 2.10. The van der Waals surface area contributed by atoms with Gasteiger partial charge in [0, 0.05) is 5.69 Å². The number of aromatic nitrogens is 1. The number of carbonyl (C=O) groups excluding carboxylic acids is 1. The molecule has 2 aromatic rings. The second-order valence-corrected chi connectivity index (χ2v) is 3.57. The van der Waals surface area contributed by atoms with Crippen molar-refractivity contribution in [3.05, 3.63) is 46.9 Å². The molecule has 4 heteroatoms. The van der Waals surface area contributed by atoms with Crippen LogP contribution in [0.2, 0.25) is 0 Å². The van der Waals surface area contributed by atoms with Crippen molar-refractivity contribution in [2.45, 2.75) is 0 Å². The predicted octanol–water partition coefficient (Wildman–Crippen LogP) is 2.40. The third-order valence-electron chi connectivity index (χ3n) is 1.69. The summed E-state index contributed by atoms with van der Waals surface area (Å²) in [5.74, 6) is -0.112. The smallest absolute Gasteiger partial charge is 0.267 e. The average molecular weight is 204 g/mol. The van der Waals surface area contributed by atoms with Crippen LogP contribution in [-0.4, -0.2) is 10.9 Å². The summed E-state index contributed by atoms with van der Waals surface area (Å²) in [7, 11) is 0. The summed E-state index contributed by atoms with van der Waals surface area (Å²) in [5.41, 5.74) is 2.44. The molecule has 1 aromatic heterocycles. The number of amides is 1. The van der Waals surface area contributed by atoms with Gasteiger partial charge in [0.25, 0.3) is 5.91 Å². The minimum Gasteiger partial charge on any atom is -0.321 e. The predicted molar refractivity (Wildman–Crippen MR) is 56.5 cm³/mol. The van der Waals surface area contributed by atoms with Gasteiger partial charge in [0.05, 0.1) is 11.7 Å². The summed E-state index contributed by atoms with van der Waals surface area (Å²) in [5, 5.41) is 2.78. The second-order valence-electron chi connectivity index (χ2n) is 2.69. The molecule has 2 rings (SSSR count). The van der Waals surface area contributed by atoms with Crippen LogP contribution in [0.4, 0.5) is 5.69 Å². The van der Waals surface area contributed by atoms with Crippen LogP contribution in [0.15, 0.2) is 42.0 Å². The van der Waals surface area contributed by atoms with Gasteiger partial charge in [-0.25, -0.2) is 0 Å². The van der Waals surface area contributed by atoms with Crippen molar-refractivity contribution in [3.8, 4) is 0 Å². The zero-order valence-corrected chi connectivity index (χ0v) is 8.12. The van der Waals surface area contributed by atoms with E-state index in [1.807, 2.05) is 30.3 Å². The van der Waals surface area contributed by atoms with E-state index in [2.05, 4.69) is 10.3 Å². The quantitative estimate of drug-likeness (QED) is 0.816.